The second kappa shape index (κ2) is 12.2. The van der Waals surface area contributed by atoms with Gasteiger partial charge >= 0.3 is 0 Å². The molecule has 39 heavy (non-hydrogen) atoms. The first-order valence-electron chi connectivity index (χ1n) is 12.4. The van der Waals surface area contributed by atoms with Gasteiger partial charge in [0.1, 0.15) is 0 Å². The molecule has 1 amide bonds. The fraction of sp³-hybridized carbons (Fsp3) is 0.296. The zero-order valence-corrected chi connectivity index (χ0v) is 24.8. The van der Waals surface area contributed by atoms with E-state index in [0.29, 0.717) is 34.3 Å². The summed E-state index contributed by atoms with van der Waals surface area (Å²) in [6, 6.07) is 14.7. The maximum atomic E-state index is 13.3. The van der Waals surface area contributed by atoms with E-state index < -0.39 is 20.0 Å². The molecule has 0 bridgehead atoms. The van der Waals surface area contributed by atoms with Crippen LogP contribution < -0.4 is 9.44 Å². The van der Waals surface area contributed by atoms with Gasteiger partial charge in [-0.05, 0) is 86.2 Å². The van der Waals surface area contributed by atoms with Crippen LogP contribution in [0.3, 0.4) is 0 Å². The Labute approximate surface area is 239 Å². The summed E-state index contributed by atoms with van der Waals surface area (Å²) in [5.41, 5.74) is 1.67. The number of carbonyl (C=O) groups excluding carboxylic acids is 1. The lowest BCUT2D eigenvalue weighted by Gasteiger charge is -2.22. The van der Waals surface area contributed by atoms with Crippen molar-refractivity contribution in [1.82, 2.24) is 4.90 Å². The summed E-state index contributed by atoms with van der Waals surface area (Å²) in [6.45, 7) is 3.12. The summed E-state index contributed by atoms with van der Waals surface area (Å²) in [5, 5.41) is 0.432. The fourth-order valence-corrected chi connectivity index (χ4v) is 7.14. The van der Waals surface area contributed by atoms with Crippen LogP contribution in [0.4, 0.5) is 11.4 Å². The van der Waals surface area contributed by atoms with Gasteiger partial charge in [0.25, 0.3) is 26.0 Å². The fourth-order valence-electron chi connectivity index (χ4n) is 4.25. The summed E-state index contributed by atoms with van der Waals surface area (Å²) in [5.74, 6) is -0.171. The van der Waals surface area contributed by atoms with Gasteiger partial charge in [0.05, 0.1) is 21.0 Å². The number of nitrogens with zero attached hydrogens (tertiary/aromatic N) is 1. The summed E-state index contributed by atoms with van der Waals surface area (Å²) < 4.78 is 56.9. The molecule has 0 aromatic heterocycles. The van der Waals surface area contributed by atoms with Gasteiger partial charge in [0.2, 0.25) is 0 Å². The average molecular weight is 608 g/mol. The molecule has 1 fully saturated rings. The highest BCUT2D eigenvalue weighted by Crippen LogP contribution is 2.28. The average Bonchev–Trinajstić information content (AvgIpc) is 3.20. The van der Waals surface area contributed by atoms with Crippen LogP contribution in [-0.4, -0.2) is 47.0 Å². The number of nitrogens with one attached hydrogen (secondary N) is 2. The second-order valence-electron chi connectivity index (χ2n) is 9.27. The van der Waals surface area contributed by atoms with E-state index in [1.54, 1.807) is 23.1 Å². The van der Waals surface area contributed by atoms with E-state index in [4.69, 9.17) is 11.6 Å². The highest BCUT2D eigenvalue weighted by molar-refractivity contribution is 7.98. The molecule has 1 aliphatic rings. The van der Waals surface area contributed by atoms with E-state index in [-0.39, 0.29) is 21.4 Å². The number of aryl methyl sites for hydroxylation is 1. The number of thioether (sulfide) groups is 1. The van der Waals surface area contributed by atoms with Crippen LogP contribution >= 0.6 is 23.4 Å². The van der Waals surface area contributed by atoms with Crippen molar-refractivity contribution in [3.8, 4) is 0 Å². The molecule has 0 atom stereocenters. The first-order valence-corrected chi connectivity index (χ1v) is 17.0. The monoisotopic (exact) mass is 607 g/mol. The van der Waals surface area contributed by atoms with Crippen LogP contribution in [0.25, 0.3) is 0 Å². The van der Waals surface area contributed by atoms with Crippen LogP contribution in [0.1, 0.15) is 41.6 Å². The molecule has 3 aromatic carbocycles. The molecule has 2 N–H and O–H groups in total. The lowest BCUT2D eigenvalue weighted by Crippen LogP contribution is -2.32. The molecule has 0 spiro atoms. The molecule has 4 rings (SSSR count). The molecule has 12 heteroatoms. The van der Waals surface area contributed by atoms with Crippen molar-refractivity contribution in [2.75, 3.05) is 28.8 Å². The third kappa shape index (κ3) is 7.08. The molecule has 208 valence electrons. The minimum absolute atomic E-state index is 0.0446. The third-order valence-electron chi connectivity index (χ3n) is 6.45. The first-order chi connectivity index (χ1) is 18.5. The smallest absolute Gasteiger partial charge is 0.261 e. The highest BCUT2D eigenvalue weighted by atomic mass is 35.5. The van der Waals surface area contributed by atoms with Crippen molar-refractivity contribution in [1.29, 1.82) is 0 Å². The Morgan fingerprint density at radius 1 is 0.795 bits per heavy atom. The molecule has 0 radical (unpaired) electrons. The van der Waals surface area contributed by atoms with E-state index >= 15 is 0 Å². The number of amides is 1. The molecule has 1 heterocycles. The second-order valence-corrected chi connectivity index (χ2v) is 13.9. The van der Waals surface area contributed by atoms with E-state index in [1.165, 1.54) is 54.2 Å². The van der Waals surface area contributed by atoms with Crippen LogP contribution in [0.15, 0.2) is 75.4 Å². The molecular weight excluding hydrogens is 578 g/mol. The lowest BCUT2D eigenvalue weighted by molar-refractivity contribution is 0.0758. The van der Waals surface area contributed by atoms with Crippen molar-refractivity contribution in [2.24, 2.45) is 0 Å². The lowest BCUT2D eigenvalue weighted by atomic mass is 10.2. The van der Waals surface area contributed by atoms with E-state index in [0.717, 1.165) is 31.2 Å². The summed E-state index contributed by atoms with van der Waals surface area (Å²) in [7, 11) is -7.97. The van der Waals surface area contributed by atoms with Crippen molar-refractivity contribution in [3.05, 3.63) is 76.8 Å². The number of anilines is 2. The number of hydrogen-bond acceptors (Lipinski definition) is 6. The predicted molar refractivity (Wildman–Crippen MR) is 157 cm³/mol. The van der Waals surface area contributed by atoms with Gasteiger partial charge in [0, 0.05) is 28.7 Å². The number of halogens is 1. The maximum Gasteiger partial charge on any atom is 0.261 e. The Balaban J connectivity index is 1.53. The van der Waals surface area contributed by atoms with Crippen LogP contribution in [0.2, 0.25) is 5.02 Å². The van der Waals surface area contributed by atoms with Crippen LogP contribution in [0.5, 0.6) is 0 Å². The minimum Gasteiger partial charge on any atom is -0.339 e. The summed E-state index contributed by atoms with van der Waals surface area (Å²) >= 11 is 7.48. The molecule has 8 nitrogen and oxygen atoms in total. The van der Waals surface area contributed by atoms with Crippen molar-refractivity contribution in [2.45, 2.75) is 47.3 Å². The summed E-state index contributed by atoms with van der Waals surface area (Å²) in [6.07, 6.45) is 5.86. The molecule has 0 saturated carbocycles. The summed E-state index contributed by atoms with van der Waals surface area (Å²) in [4.78, 5) is 15.7. The van der Waals surface area contributed by atoms with E-state index in [1.807, 2.05) is 13.2 Å². The normalized spacial score (nSPS) is 14.5. The molecule has 1 aliphatic heterocycles. The largest absolute Gasteiger partial charge is 0.339 e. The Kier molecular flexibility index (Phi) is 9.15. The van der Waals surface area contributed by atoms with Gasteiger partial charge in [-0.2, -0.15) is 0 Å². The Morgan fingerprint density at radius 2 is 1.36 bits per heavy atom. The Hall–Kier alpha value is -2.73. The third-order valence-corrected chi connectivity index (χ3v) is 10.4. The van der Waals surface area contributed by atoms with Gasteiger partial charge in [-0.25, -0.2) is 16.8 Å². The van der Waals surface area contributed by atoms with Crippen molar-refractivity contribution >= 4 is 60.7 Å². The number of rotatable bonds is 8. The highest BCUT2D eigenvalue weighted by Gasteiger charge is 2.24. The molecule has 3 aromatic rings. The van der Waals surface area contributed by atoms with Gasteiger partial charge in [-0.15, -0.1) is 11.8 Å². The minimum atomic E-state index is -4.05. The molecule has 0 unspecified atom stereocenters. The molecule has 1 saturated heterocycles. The number of benzene rings is 3. The zero-order chi connectivity index (χ0) is 28.2. The van der Waals surface area contributed by atoms with Gasteiger partial charge in [-0.3, -0.25) is 14.2 Å². The first kappa shape index (κ1) is 29.3. The van der Waals surface area contributed by atoms with E-state index in [2.05, 4.69) is 9.44 Å². The predicted octanol–water partition coefficient (Wildman–Crippen LogP) is 5.99. The quantitative estimate of drug-likeness (QED) is 0.304. The maximum absolute atomic E-state index is 13.3. The molecular formula is C27H30ClN3O5S3. The number of hydrogen-bond donors (Lipinski definition) is 2. The standard InChI is InChI=1S/C27H30ClN3O5S3/c1-19-7-8-21(17-25(19)28)30-38(33,34)22-11-9-20(10-12-22)29-39(35,36)23-13-14-26(37-2)24(18-23)27(32)31-15-5-3-4-6-16-31/h7-14,17-18,29-30H,3-6,15-16H2,1-2H3. The van der Waals surface area contributed by atoms with Crippen molar-refractivity contribution < 1.29 is 21.6 Å². The van der Waals surface area contributed by atoms with Crippen LogP contribution in [-0.2, 0) is 20.0 Å². The van der Waals surface area contributed by atoms with Gasteiger partial charge in [-0.1, -0.05) is 30.5 Å². The Morgan fingerprint density at radius 3 is 1.97 bits per heavy atom. The number of sulfonamides is 2. The number of carbonyl (C=O) groups is 1. The van der Waals surface area contributed by atoms with Crippen molar-refractivity contribution in [3.63, 3.8) is 0 Å². The number of likely N-dealkylation sites (tertiary alicyclic amines) is 1. The topological polar surface area (TPSA) is 113 Å². The van der Waals surface area contributed by atoms with Crippen LogP contribution in [0, 0.1) is 6.92 Å². The Bertz CT molecular complexity index is 1570. The van der Waals surface area contributed by atoms with Gasteiger partial charge < -0.3 is 4.90 Å². The SMILES string of the molecule is CSc1ccc(S(=O)(=O)Nc2ccc(S(=O)(=O)Nc3ccc(C)c(Cl)c3)cc2)cc1C(=O)N1CCCCCC1. The molecule has 0 aliphatic carbocycles. The van der Waals surface area contributed by atoms with E-state index in [9.17, 15) is 21.6 Å². The van der Waals surface area contributed by atoms with Gasteiger partial charge in [0.15, 0.2) is 0 Å². The zero-order valence-electron chi connectivity index (χ0n) is 21.6.